The quantitative estimate of drug-likeness (QED) is 0.202. The summed E-state index contributed by atoms with van der Waals surface area (Å²) in [6.07, 6.45) is 10.1. The molecule has 0 heterocycles. The first-order valence-electron chi connectivity index (χ1n) is 17.4. The molecule has 6 rings (SSSR count). The van der Waals surface area contributed by atoms with E-state index in [1.165, 1.54) is 39.1 Å². The highest BCUT2D eigenvalue weighted by molar-refractivity contribution is 5.90. The van der Waals surface area contributed by atoms with Gasteiger partial charge in [0.15, 0.2) is 11.5 Å². The molecule has 0 spiro atoms. The molecule has 0 aromatic heterocycles. The summed E-state index contributed by atoms with van der Waals surface area (Å²) in [6.45, 7) is 19.0. The minimum Gasteiger partial charge on any atom is -0.493 e. The molecule has 5 aliphatic rings. The van der Waals surface area contributed by atoms with Crippen LogP contribution in [0.4, 0.5) is 0 Å². The van der Waals surface area contributed by atoms with Crippen LogP contribution in [-0.4, -0.2) is 37.4 Å². The minimum atomic E-state index is -0.568. The van der Waals surface area contributed by atoms with Crippen molar-refractivity contribution in [1.82, 2.24) is 0 Å². The maximum Gasteiger partial charge on any atom is 0.337 e. The fourth-order valence-electron chi connectivity index (χ4n) is 12.7. The lowest BCUT2D eigenvalue weighted by Crippen LogP contribution is -2.67. The standard InChI is InChI=1S/C39H56O6/c1-23(2)25-14-19-39(34(42)45-27-12-10-24(33(41)44-9)22-28(27)43-8)21-20-37(6)26(32(25)39)11-13-30-36(5)17-16-31(40)35(3,4)29(36)15-18-38(30,37)7/h10,12,22,25-26,29-32,40H,1,11,13-21H2,2-9H3/t25-,26+,29-,30+,31-,32-,36-,37+,38+,39-/m0/s1. The van der Waals surface area contributed by atoms with Gasteiger partial charge in [0.25, 0.3) is 0 Å². The summed E-state index contributed by atoms with van der Waals surface area (Å²) >= 11 is 0. The number of allylic oxidation sites excluding steroid dienone is 1. The van der Waals surface area contributed by atoms with Gasteiger partial charge in [-0.1, -0.05) is 46.8 Å². The van der Waals surface area contributed by atoms with Crippen LogP contribution in [0.2, 0.25) is 0 Å². The van der Waals surface area contributed by atoms with Crippen molar-refractivity contribution < 1.29 is 28.9 Å². The summed E-state index contributed by atoms with van der Waals surface area (Å²) in [5.74, 6) is 2.11. The molecular weight excluding hydrogens is 564 g/mol. The fourth-order valence-corrected chi connectivity index (χ4v) is 12.7. The van der Waals surface area contributed by atoms with Crippen molar-refractivity contribution in [3.8, 4) is 11.5 Å². The van der Waals surface area contributed by atoms with Gasteiger partial charge in [-0.3, -0.25) is 4.79 Å². The molecule has 1 N–H and O–H groups in total. The van der Waals surface area contributed by atoms with Gasteiger partial charge in [-0.2, -0.15) is 0 Å². The third kappa shape index (κ3) is 4.43. The molecule has 248 valence electrons. The second-order valence-electron chi connectivity index (χ2n) is 17.0. The third-order valence-corrected chi connectivity index (χ3v) is 15.2. The van der Waals surface area contributed by atoms with E-state index < -0.39 is 11.4 Å². The molecule has 0 radical (unpaired) electrons. The van der Waals surface area contributed by atoms with Crippen molar-refractivity contribution >= 4 is 11.9 Å². The average molecular weight is 621 g/mol. The molecule has 5 aliphatic carbocycles. The Bertz CT molecular complexity index is 1380. The van der Waals surface area contributed by atoms with E-state index in [1.807, 2.05) is 0 Å². The number of rotatable bonds is 5. The van der Waals surface area contributed by atoms with Gasteiger partial charge in [-0.15, -0.1) is 0 Å². The number of ether oxygens (including phenoxy) is 3. The predicted octanol–water partition coefficient (Wildman–Crippen LogP) is 8.41. The average Bonchev–Trinajstić information content (AvgIpc) is 3.41. The molecule has 0 unspecified atom stereocenters. The third-order valence-electron chi connectivity index (χ3n) is 15.2. The number of carbonyl (C=O) groups excluding carboxylic acids is 2. The van der Waals surface area contributed by atoms with Crippen LogP contribution >= 0.6 is 0 Å². The summed E-state index contributed by atoms with van der Waals surface area (Å²) in [5.41, 5.74) is 1.40. The van der Waals surface area contributed by atoms with Crippen LogP contribution < -0.4 is 9.47 Å². The highest BCUT2D eigenvalue weighted by Gasteiger charge is 2.72. The molecule has 6 nitrogen and oxygen atoms in total. The number of aliphatic hydroxyl groups is 1. The van der Waals surface area contributed by atoms with Crippen molar-refractivity contribution in [2.24, 2.45) is 56.7 Å². The Morgan fingerprint density at radius 2 is 1.58 bits per heavy atom. The number of fused-ring (bicyclic) bond motifs is 7. The fraction of sp³-hybridized carbons (Fsp3) is 0.744. The highest BCUT2D eigenvalue weighted by atomic mass is 16.6. The Labute approximate surface area is 270 Å². The van der Waals surface area contributed by atoms with Crippen molar-refractivity contribution in [1.29, 1.82) is 0 Å². The van der Waals surface area contributed by atoms with Crippen LogP contribution in [0, 0.1) is 56.7 Å². The van der Waals surface area contributed by atoms with E-state index in [4.69, 9.17) is 14.2 Å². The van der Waals surface area contributed by atoms with Crippen molar-refractivity contribution in [3.63, 3.8) is 0 Å². The normalized spacial score (nSPS) is 43.1. The molecule has 5 saturated carbocycles. The van der Waals surface area contributed by atoms with Crippen molar-refractivity contribution in [3.05, 3.63) is 35.9 Å². The van der Waals surface area contributed by atoms with Gasteiger partial charge in [0.1, 0.15) is 0 Å². The van der Waals surface area contributed by atoms with Gasteiger partial charge >= 0.3 is 11.9 Å². The summed E-state index contributed by atoms with van der Waals surface area (Å²) in [5, 5.41) is 11.1. The Hall–Kier alpha value is -2.34. The van der Waals surface area contributed by atoms with Gasteiger partial charge in [0.2, 0.25) is 0 Å². The zero-order valence-corrected chi connectivity index (χ0v) is 29.0. The van der Waals surface area contributed by atoms with Crippen LogP contribution in [0.25, 0.3) is 0 Å². The molecule has 0 aliphatic heterocycles. The Morgan fingerprint density at radius 1 is 0.844 bits per heavy atom. The smallest absolute Gasteiger partial charge is 0.337 e. The molecule has 0 saturated heterocycles. The summed E-state index contributed by atoms with van der Waals surface area (Å²) in [7, 11) is 2.87. The Morgan fingerprint density at radius 3 is 2.24 bits per heavy atom. The van der Waals surface area contributed by atoms with E-state index >= 15 is 0 Å². The van der Waals surface area contributed by atoms with Crippen LogP contribution in [0.15, 0.2) is 30.4 Å². The first kappa shape index (κ1) is 32.6. The number of esters is 2. The first-order chi connectivity index (χ1) is 21.1. The van der Waals surface area contributed by atoms with E-state index in [0.717, 1.165) is 44.9 Å². The molecule has 1 aromatic rings. The van der Waals surface area contributed by atoms with Crippen molar-refractivity contribution in [2.75, 3.05) is 14.2 Å². The first-order valence-corrected chi connectivity index (χ1v) is 17.4. The molecular formula is C39H56O6. The number of benzene rings is 1. The Kier molecular flexibility index (Phi) is 7.86. The van der Waals surface area contributed by atoms with E-state index in [9.17, 15) is 14.7 Å². The SMILES string of the molecule is C=C(C)[C@@H]1CC[C@]2(C(=O)Oc3ccc(C(=O)OC)cc3OC)CC[C@]3(C)[C@H](CC[C@@H]4[C@@]5(C)CC[C@H](O)C(C)(C)[C@@H]5CC[C@]43C)[C@H]12. The molecule has 1 aromatic carbocycles. The van der Waals surface area contributed by atoms with Gasteiger partial charge in [0, 0.05) is 0 Å². The van der Waals surface area contributed by atoms with E-state index in [-0.39, 0.29) is 39.7 Å². The Balaban J connectivity index is 1.35. The van der Waals surface area contributed by atoms with Crippen LogP contribution in [0.1, 0.15) is 116 Å². The topological polar surface area (TPSA) is 82.1 Å². The maximum atomic E-state index is 14.5. The molecule has 5 fully saturated rings. The van der Waals surface area contributed by atoms with Crippen LogP contribution in [-0.2, 0) is 9.53 Å². The van der Waals surface area contributed by atoms with E-state index in [2.05, 4.69) is 48.1 Å². The lowest BCUT2D eigenvalue weighted by Gasteiger charge is -2.72. The summed E-state index contributed by atoms with van der Waals surface area (Å²) < 4.78 is 16.7. The lowest BCUT2D eigenvalue weighted by atomic mass is 9.32. The van der Waals surface area contributed by atoms with Gasteiger partial charge < -0.3 is 19.3 Å². The van der Waals surface area contributed by atoms with Gasteiger partial charge in [-0.25, -0.2) is 4.79 Å². The largest absolute Gasteiger partial charge is 0.493 e. The van der Waals surface area contributed by atoms with E-state index in [1.54, 1.807) is 18.2 Å². The molecule has 45 heavy (non-hydrogen) atoms. The second-order valence-corrected chi connectivity index (χ2v) is 17.0. The highest BCUT2D eigenvalue weighted by Crippen LogP contribution is 2.77. The van der Waals surface area contributed by atoms with Crippen LogP contribution in [0.5, 0.6) is 11.5 Å². The van der Waals surface area contributed by atoms with E-state index in [0.29, 0.717) is 40.7 Å². The van der Waals surface area contributed by atoms with Gasteiger partial charge in [-0.05, 0) is 141 Å². The molecule has 0 amide bonds. The number of carbonyl (C=O) groups is 2. The molecule has 10 atom stereocenters. The number of hydrogen-bond donors (Lipinski definition) is 1. The van der Waals surface area contributed by atoms with Gasteiger partial charge in [0.05, 0.1) is 31.3 Å². The number of hydrogen-bond acceptors (Lipinski definition) is 6. The number of methoxy groups -OCH3 is 2. The maximum absolute atomic E-state index is 14.5. The monoisotopic (exact) mass is 620 g/mol. The zero-order valence-electron chi connectivity index (χ0n) is 29.0. The second kappa shape index (κ2) is 10.9. The molecule has 6 heteroatoms. The van der Waals surface area contributed by atoms with Crippen LogP contribution in [0.3, 0.4) is 0 Å². The number of aliphatic hydroxyl groups excluding tert-OH is 1. The predicted molar refractivity (Wildman–Crippen MR) is 175 cm³/mol. The molecule has 0 bridgehead atoms. The summed E-state index contributed by atoms with van der Waals surface area (Å²) in [6, 6.07) is 4.86. The lowest BCUT2D eigenvalue weighted by molar-refractivity contribution is -0.247. The minimum absolute atomic E-state index is 0.0653. The van der Waals surface area contributed by atoms with Crippen molar-refractivity contribution in [2.45, 2.75) is 112 Å². The summed E-state index contributed by atoms with van der Waals surface area (Å²) in [4.78, 5) is 26.7. The zero-order chi connectivity index (χ0) is 32.7.